The maximum absolute atomic E-state index is 9.34. The second-order valence-electron chi connectivity index (χ2n) is 9.11. The molecular weight excluding hydrogens is 392 g/mol. The molecule has 2 nitrogen and oxygen atoms in total. The number of ether oxygens (including phenoxy) is 1. The van der Waals surface area contributed by atoms with E-state index >= 15 is 0 Å². The summed E-state index contributed by atoms with van der Waals surface area (Å²) in [5.41, 5.74) is 2.77. The van der Waals surface area contributed by atoms with Gasteiger partial charge in [-0.25, -0.2) is 0 Å². The van der Waals surface area contributed by atoms with E-state index in [0.717, 1.165) is 24.0 Å². The van der Waals surface area contributed by atoms with E-state index in [1.54, 1.807) is 19.2 Å². The number of hydrogen-bond acceptors (Lipinski definition) is 2. The lowest BCUT2D eigenvalue weighted by atomic mass is 10.00. The predicted octanol–water partition coefficient (Wildman–Crippen LogP) is 8.43. The average molecular weight is 431 g/mol. The van der Waals surface area contributed by atoms with Gasteiger partial charge in [0.05, 0.1) is 7.11 Å². The second-order valence-corrected chi connectivity index (χ2v) is 9.11. The summed E-state index contributed by atoms with van der Waals surface area (Å²) in [7, 11) is 1.70. The summed E-state index contributed by atoms with van der Waals surface area (Å²) in [6.07, 6.45) is 2.25. The Morgan fingerprint density at radius 3 is 1.56 bits per heavy atom. The topological polar surface area (TPSA) is 29.5 Å². The first-order chi connectivity index (χ1) is 14.8. The highest BCUT2D eigenvalue weighted by atomic mass is 16.5. The number of phenols is 1. The van der Waals surface area contributed by atoms with Gasteiger partial charge in [0.2, 0.25) is 0 Å². The SMILES string of the molecule is C.CC(C)Cc1ccc2cc(O)ccc2c1.COc1ccc2cc(CC(C)C)ccc2c1. The Balaban J connectivity index is 0.000000220. The molecule has 0 radical (unpaired) electrons. The first-order valence-corrected chi connectivity index (χ1v) is 11.1. The van der Waals surface area contributed by atoms with Crippen LogP contribution in [0.15, 0.2) is 72.8 Å². The van der Waals surface area contributed by atoms with Crippen molar-refractivity contribution in [1.29, 1.82) is 0 Å². The molecular formula is C30H38O2. The molecule has 0 bridgehead atoms. The van der Waals surface area contributed by atoms with Crippen LogP contribution in [0.5, 0.6) is 11.5 Å². The van der Waals surface area contributed by atoms with Gasteiger partial charge in [-0.2, -0.15) is 0 Å². The van der Waals surface area contributed by atoms with Crippen LogP contribution in [0, 0.1) is 11.8 Å². The van der Waals surface area contributed by atoms with E-state index < -0.39 is 0 Å². The van der Waals surface area contributed by atoms with E-state index in [0.29, 0.717) is 17.6 Å². The highest BCUT2D eigenvalue weighted by molar-refractivity contribution is 5.85. The molecule has 4 aromatic rings. The van der Waals surface area contributed by atoms with Crippen molar-refractivity contribution in [1.82, 2.24) is 0 Å². The fourth-order valence-corrected chi connectivity index (χ4v) is 3.88. The Morgan fingerprint density at radius 1 is 0.625 bits per heavy atom. The lowest BCUT2D eigenvalue weighted by Crippen LogP contribution is -1.93. The van der Waals surface area contributed by atoms with Gasteiger partial charge in [0, 0.05) is 0 Å². The highest BCUT2D eigenvalue weighted by Crippen LogP contribution is 2.23. The molecule has 0 fully saturated rings. The number of phenolic OH excluding ortho intramolecular Hbond substituents is 1. The highest BCUT2D eigenvalue weighted by Gasteiger charge is 2.02. The molecule has 0 atom stereocenters. The Labute approximate surface area is 193 Å². The van der Waals surface area contributed by atoms with Crippen molar-refractivity contribution >= 4 is 21.5 Å². The van der Waals surface area contributed by atoms with Crippen LogP contribution in [-0.2, 0) is 12.8 Å². The van der Waals surface area contributed by atoms with Gasteiger partial charge in [-0.3, -0.25) is 0 Å². The second kappa shape index (κ2) is 11.6. The van der Waals surface area contributed by atoms with Gasteiger partial charge in [-0.15, -0.1) is 0 Å². The first kappa shape index (κ1) is 25.3. The summed E-state index contributed by atoms with van der Waals surface area (Å²) >= 11 is 0. The maximum atomic E-state index is 9.34. The van der Waals surface area contributed by atoms with Crippen LogP contribution in [0.3, 0.4) is 0 Å². The van der Waals surface area contributed by atoms with Crippen molar-refractivity contribution in [3.8, 4) is 11.5 Å². The largest absolute Gasteiger partial charge is 0.508 e. The summed E-state index contributed by atoms with van der Waals surface area (Å²) in [6, 6.07) is 24.8. The summed E-state index contributed by atoms with van der Waals surface area (Å²) in [6.45, 7) is 8.94. The van der Waals surface area contributed by atoms with Crippen LogP contribution < -0.4 is 4.74 Å². The molecule has 32 heavy (non-hydrogen) atoms. The number of hydrogen-bond donors (Lipinski definition) is 1. The Morgan fingerprint density at radius 2 is 1.06 bits per heavy atom. The smallest absolute Gasteiger partial charge is 0.119 e. The molecule has 4 aromatic carbocycles. The molecule has 0 unspecified atom stereocenters. The number of fused-ring (bicyclic) bond motifs is 2. The average Bonchev–Trinajstić information content (AvgIpc) is 2.73. The van der Waals surface area contributed by atoms with Gasteiger partial charge in [0.1, 0.15) is 11.5 Å². The molecule has 0 aliphatic rings. The number of aromatic hydroxyl groups is 1. The minimum absolute atomic E-state index is 0. The molecule has 1 N–H and O–H groups in total. The zero-order valence-corrected chi connectivity index (χ0v) is 19.4. The molecule has 0 heterocycles. The zero-order valence-electron chi connectivity index (χ0n) is 19.4. The molecule has 0 saturated heterocycles. The van der Waals surface area contributed by atoms with Crippen molar-refractivity contribution in [2.24, 2.45) is 11.8 Å². The van der Waals surface area contributed by atoms with E-state index in [2.05, 4.69) is 76.2 Å². The monoisotopic (exact) mass is 430 g/mol. The molecule has 2 heteroatoms. The fourth-order valence-electron chi connectivity index (χ4n) is 3.88. The van der Waals surface area contributed by atoms with Crippen molar-refractivity contribution in [2.45, 2.75) is 48.0 Å². The lowest BCUT2D eigenvalue weighted by molar-refractivity contribution is 0.415. The maximum Gasteiger partial charge on any atom is 0.119 e. The third-order valence-electron chi connectivity index (χ3n) is 5.29. The minimum atomic E-state index is 0. The van der Waals surface area contributed by atoms with Crippen LogP contribution in [0.1, 0.15) is 46.2 Å². The number of methoxy groups -OCH3 is 1. The van der Waals surface area contributed by atoms with Crippen LogP contribution in [0.2, 0.25) is 0 Å². The van der Waals surface area contributed by atoms with Crippen LogP contribution in [-0.4, -0.2) is 12.2 Å². The molecule has 0 amide bonds. The molecule has 0 spiro atoms. The van der Waals surface area contributed by atoms with E-state index in [1.165, 1.54) is 27.3 Å². The molecule has 0 saturated carbocycles. The first-order valence-electron chi connectivity index (χ1n) is 11.1. The third-order valence-corrected chi connectivity index (χ3v) is 5.29. The zero-order chi connectivity index (χ0) is 22.4. The van der Waals surface area contributed by atoms with E-state index in [9.17, 15) is 5.11 Å². The molecule has 0 aliphatic heterocycles. The van der Waals surface area contributed by atoms with Crippen molar-refractivity contribution < 1.29 is 9.84 Å². The molecule has 4 rings (SSSR count). The Bertz CT molecular complexity index is 1140. The van der Waals surface area contributed by atoms with Crippen LogP contribution in [0.25, 0.3) is 21.5 Å². The molecule has 0 aliphatic carbocycles. The van der Waals surface area contributed by atoms with Crippen molar-refractivity contribution in [3.63, 3.8) is 0 Å². The van der Waals surface area contributed by atoms with Crippen LogP contribution in [0.4, 0.5) is 0 Å². The number of benzene rings is 4. The van der Waals surface area contributed by atoms with E-state index in [1.807, 2.05) is 12.1 Å². The summed E-state index contributed by atoms with van der Waals surface area (Å²) < 4.78 is 5.22. The molecule has 170 valence electrons. The normalized spacial score (nSPS) is 10.7. The number of rotatable bonds is 5. The summed E-state index contributed by atoms with van der Waals surface area (Å²) in [5, 5.41) is 14.2. The Hall–Kier alpha value is -3.00. The minimum Gasteiger partial charge on any atom is -0.508 e. The van der Waals surface area contributed by atoms with Crippen molar-refractivity contribution in [2.75, 3.05) is 7.11 Å². The van der Waals surface area contributed by atoms with E-state index in [4.69, 9.17) is 4.74 Å². The molecule has 0 aromatic heterocycles. The predicted molar refractivity (Wildman–Crippen MR) is 140 cm³/mol. The Kier molecular flexibility index (Phi) is 9.13. The van der Waals surface area contributed by atoms with Crippen LogP contribution >= 0.6 is 0 Å². The van der Waals surface area contributed by atoms with Gasteiger partial charge >= 0.3 is 0 Å². The third kappa shape index (κ3) is 7.02. The van der Waals surface area contributed by atoms with Gasteiger partial charge < -0.3 is 9.84 Å². The van der Waals surface area contributed by atoms with E-state index in [-0.39, 0.29) is 7.43 Å². The van der Waals surface area contributed by atoms with Crippen molar-refractivity contribution in [3.05, 3.63) is 83.9 Å². The van der Waals surface area contributed by atoms with Gasteiger partial charge in [-0.05, 0) is 81.6 Å². The standard InChI is InChI=1S/C15H18O.C14H16O.CH4/c1-11(2)8-12-4-5-14-10-15(16-3)7-6-13(14)9-12;1-10(2)7-11-3-4-13-9-14(15)6-5-12(13)8-11;/h4-7,9-11H,8H2,1-3H3;3-6,8-10,15H,7H2,1-2H3;1H4. The summed E-state index contributed by atoms with van der Waals surface area (Å²) in [4.78, 5) is 0. The quantitative estimate of drug-likeness (QED) is 0.344. The fraction of sp³-hybridized carbons (Fsp3) is 0.333. The van der Waals surface area contributed by atoms with Gasteiger partial charge in [-0.1, -0.05) is 83.7 Å². The summed E-state index contributed by atoms with van der Waals surface area (Å²) in [5.74, 6) is 2.64. The lowest BCUT2D eigenvalue weighted by Gasteiger charge is -2.07. The van der Waals surface area contributed by atoms with Gasteiger partial charge in [0.15, 0.2) is 0 Å². The van der Waals surface area contributed by atoms with Gasteiger partial charge in [0.25, 0.3) is 0 Å².